The summed E-state index contributed by atoms with van der Waals surface area (Å²) in [5, 5.41) is 5.70. The first-order chi connectivity index (χ1) is 13.2. The van der Waals surface area contributed by atoms with Gasteiger partial charge in [-0.1, -0.05) is 30.3 Å². The summed E-state index contributed by atoms with van der Waals surface area (Å²) in [5.74, 6) is 0.409. The molecular weight excluding hydrogens is 340 g/mol. The molecule has 2 N–H and O–H groups in total. The molecule has 0 saturated heterocycles. The summed E-state index contributed by atoms with van der Waals surface area (Å²) >= 11 is 0. The number of methoxy groups -OCH3 is 1. The first kappa shape index (κ1) is 18.2. The third-order valence-electron chi connectivity index (χ3n) is 4.05. The van der Waals surface area contributed by atoms with Gasteiger partial charge in [0.05, 0.1) is 7.11 Å². The van der Waals surface area contributed by atoms with E-state index in [2.05, 4.69) is 10.6 Å². The normalized spacial score (nSPS) is 10.1. The minimum absolute atomic E-state index is 0.128. The molecule has 3 rings (SSSR count). The second kappa shape index (κ2) is 8.67. The lowest BCUT2D eigenvalue weighted by molar-refractivity contribution is 0.0949. The Balaban J connectivity index is 1.56. The highest BCUT2D eigenvalue weighted by Gasteiger charge is 2.07. The summed E-state index contributed by atoms with van der Waals surface area (Å²) in [4.78, 5) is 24.4. The third-order valence-corrected chi connectivity index (χ3v) is 4.05. The number of anilines is 1. The van der Waals surface area contributed by atoms with Gasteiger partial charge in [0.15, 0.2) is 0 Å². The van der Waals surface area contributed by atoms with Crippen LogP contribution in [0, 0.1) is 0 Å². The maximum atomic E-state index is 12.3. The van der Waals surface area contributed by atoms with Crippen LogP contribution in [-0.2, 0) is 6.54 Å². The molecule has 3 aromatic carbocycles. The molecular formula is C22H20N2O3. The number of hydrogen-bond donors (Lipinski definition) is 2. The van der Waals surface area contributed by atoms with Gasteiger partial charge < -0.3 is 15.4 Å². The largest absolute Gasteiger partial charge is 0.497 e. The average molecular weight is 360 g/mol. The first-order valence-corrected chi connectivity index (χ1v) is 8.53. The molecule has 2 amide bonds. The predicted octanol–water partition coefficient (Wildman–Crippen LogP) is 3.88. The lowest BCUT2D eigenvalue weighted by Crippen LogP contribution is -2.22. The molecule has 136 valence electrons. The molecule has 0 saturated carbocycles. The molecule has 0 fully saturated rings. The standard InChI is InChI=1S/C22H20N2O3/c1-27-20-13-11-19(12-14-20)24-22(26)18-9-7-16(8-10-18)15-23-21(25)17-5-3-2-4-6-17/h2-14H,15H2,1H3,(H,23,25)(H,24,26). The Morgan fingerprint density at radius 2 is 1.41 bits per heavy atom. The molecule has 0 aliphatic heterocycles. The summed E-state index contributed by atoms with van der Waals surface area (Å²) in [7, 11) is 1.59. The lowest BCUT2D eigenvalue weighted by atomic mass is 10.1. The predicted molar refractivity (Wildman–Crippen MR) is 105 cm³/mol. The molecule has 0 aromatic heterocycles. The summed E-state index contributed by atoms with van der Waals surface area (Å²) in [6.07, 6.45) is 0. The van der Waals surface area contributed by atoms with E-state index in [1.165, 1.54) is 0 Å². The summed E-state index contributed by atoms with van der Waals surface area (Å²) in [5.41, 5.74) is 2.78. The molecule has 0 bridgehead atoms. The van der Waals surface area contributed by atoms with Crippen LogP contribution in [0.4, 0.5) is 5.69 Å². The van der Waals surface area contributed by atoms with Crippen LogP contribution >= 0.6 is 0 Å². The smallest absolute Gasteiger partial charge is 0.255 e. The molecule has 27 heavy (non-hydrogen) atoms. The van der Waals surface area contributed by atoms with E-state index in [1.54, 1.807) is 55.6 Å². The number of amides is 2. The van der Waals surface area contributed by atoms with E-state index in [0.717, 1.165) is 11.3 Å². The summed E-state index contributed by atoms with van der Waals surface area (Å²) in [6.45, 7) is 0.397. The highest BCUT2D eigenvalue weighted by Crippen LogP contribution is 2.16. The van der Waals surface area contributed by atoms with Crippen LogP contribution in [0.15, 0.2) is 78.9 Å². The topological polar surface area (TPSA) is 67.4 Å². The van der Waals surface area contributed by atoms with Crippen LogP contribution in [0.5, 0.6) is 5.75 Å². The van der Waals surface area contributed by atoms with Crippen LogP contribution < -0.4 is 15.4 Å². The van der Waals surface area contributed by atoms with Crippen molar-refractivity contribution in [3.63, 3.8) is 0 Å². The van der Waals surface area contributed by atoms with Gasteiger partial charge in [-0.25, -0.2) is 0 Å². The van der Waals surface area contributed by atoms with Crippen molar-refractivity contribution in [3.05, 3.63) is 95.6 Å². The van der Waals surface area contributed by atoms with Gasteiger partial charge in [-0.2, -0.15) is 0 Å². The van der Waals surface area contributed by atoms with Gasteiger partial charge in [0.1, 0.15) is 5.75 Å². The van der Waals surface area contributed by atoms with Crippen LogP contribution in [0.3, 0.4) is 0 Å². The number of rotatable bonds is 6. The van der Waals surface area contributed by atoms with Gasteiger partial charge in [0.25, 0.3) is 11.8 Å². The van der Waals surface area contributed by atoms with E-state index in [1.807, 2.05) is 30.3 Å². The molecule has 0 atom stereocenters. The number of benzene rings is 3. The third kappa shape index (κ3) is 4.95. The summed E-state index contributed by atoms with van der Waals surface area (Å²) < 4.78 is 5.10. The van der Waals surface area contributed by atoms with E-state index >= 15 is 0 Å². The van der Waals surface area contributed by atoms with Crippen molar-refractivity contribution in [2.75, 3.05) is 12.4 Å². The lowest BCUT2D eigenvalue weighted by Gasteiger charge is -2.08. The van der Waals surface area contributed by atoms with Crippen LogP contribution in [0.25, 0.3) is 0 Å². The Morgan fingerprint density at radius 3 is 2.04 bits per heavy atom. The summed E-state index contributed by atoms with van der Waals surface area (Å²) in [6, 6.07) is 23.3. The number of hydrogen-bond acceptors (Lipinski definition) is 3. The molecule has 0 radical (unpaired) electrons. The van der Waals surface area contributed by atoms with Crippen molar-refractivity contribution in [2.24, 2.45) is 0 Å². The zero-order chi connectivity index (χ0) is 19.1. The van der Waals surface area contributed by atoms with Gasteiger partial charge in [-0.15, -0.1) is 0 Å². The van der Waals surface area contributed by atoms with Crippen molar-refractivity contribution in [2.45, 2.75) is 6.54 Å². The van der Waals surface area contributed by atoms with Crippen molar-refractivity contribution in [3.8, 4) is 5.75 Å². The van der Waals surface area contributed by atoms with Crippen LogP contribution in [-0.4, -0.2) is 18.9 Å². The maximum absolute atomic E-state index is 12.3. The van der Waals surface area contributed by atoms with Gasteiger partial charge in [-0.05, 0) is 54.1 Å². The van der Waals surface area contributed by atoms with E-state index in [9.17, 15) is 9.59 Å². The highest BCUT2D eigenvalue weighted by atomic mass is 16.5. The van der Waals surface area contributed by atoms with Gasteiger partial charge in [0.2, 0.25) is 0 Å². The highest BCUT2D eigenvalue weighted by molar-refractivity contribution is 6.04. The van der Waals surface area contributed by atoms with Crippen molar-refractivity contribution < 1.29 is 14.3 Å². The Morgan fingerprint density at radius 1 is 0.778 bits per heavy atom. The molecule has 0 aliphatic rings. The minimum Gasteiger partial charge on any atom is -0.497 e. The molecule has 0 unspecified atom stereocenters. The minimum atomic E-state index is -0.194. The first-order valence-electron chi connectivity index (χ1n) is 8.53. The zero-order valence-corrected chi connectivity index (χ0v) is 14.9. The zero-order valence-electron chi connectivity index (χ0n) is 14.9. The SMILES string of the molecule is COc1ccc(NC(=O)c2ccc(CNC(=O)c3ccccc3)cc2)cc1. The Labute approximate surface area is 158 Å². The molecule has 5 heteroatoms. The van der Waals surface area contributed by atoms with Gasteiger partial charge in [-0.3, -0.25) is 9.59 Å². The fourth-order valence-corrected chi connectivity index (χ4v) is 2.53. The van der Waals surface area contributed by atoms with E-state index in [-0.39, 0.29) is 11.8 Å². The second-order valence-electron chi connectivity index (χ2n) is 5.93. The average Bonchev–Trinajstić information content (AvgIpc) is 2.73. The Hall–Kier alpha value is -3.60. The molecule has 3 aromatic rings. The molecule has 0 aliphatic carbocycles. The van der Waals surface area contributed by atoms with Gasteiger partial charge >= 0.3 is 0 Å². The fraction of sp³-hybridized carbons (Fsp3) is 0.0909. The monoisotopic (exact) mass is 360 g/mol. The Bertz CT molecular complexity index is 905. The van der Waals surface area contributed by atoms with E-state index < -0.39 is 0 Å². The van der Waals surface area contributed by atoms with Gasteiger partial charge in [0, 0.05) is 23.4 Å². The Kier molecular flexibility index (Phi) is 5.84. The second-order valence-corrected chi connectivity index (χ2v) is 5.93. The van der Waals surface area contributed by atoms with Crippen molar-refractivity contribution in [1.29, 1.82) is 0 Å². The molecule has 5 nitrogen and oxygen atoms in total. The van der Waals surface area contributed by atoms with Crippen LogP contribution in [0.2, 0.25) is 0 Å². The van der Waals surface area contributed by atoms with Crippen LogP contribution in [0.1, 0.15) is 26.3 Å². The number of nitrogens with one attached hydrogen (secondary N) is 2. The molecule has 0 spiro atoms. The fourth-order valence-electron chi connectivity index (χ4n) is 2.53. The number of carbonyl (C=O) groups is 2. The number of ether oxygens (including phenoxy) is 1. The molecule has 0 heterocycles. The van der Waals surface area contributed by atoms with Crippen molar-refractivity contribution in [1.82, 2.24) is 5.32 Å². The van der Waals surface area contributed by atoms with E-state index in [4.69, 9.17) is 4.74 Å². The quantitative estimate of drug-likeness (QED) is 0.701. The van der Waals surface area contributed by atoms with Crippen molar-refractivity contribution >= 4 is 17.5 Å². The maximum Gasteiger partial charge on any atom is 0.255 e. The number of carbonyl (C=O) groups excluding carboxylic acids is 2. The van der Waals surface area contributed by atoms with E-state index in [0.29, 0.717) is 23.4 Å².